The summed E-state index contributed by atoms with van der Waals surface area (Å²) in [4.78, 5) is 29.4. The van der Waals surface area contributed by atoms with Crippen LogP contribution in [0.2, 0.25) is 0 Å². The summed E-state index contributed by atoms with van der Waals surface area (Å²) < 4.78 is 4.48. The Hall–Kier alpha value is -1.89. The maximum Gasteiger partial charge on any atom is 0.360 e. The second kappa shape index (κ2) is 5.18. The van der Waals surface area contributed by atoms with Crippen LogP contribution in [0.1, 0.15) is 41.6 Å². The number of rotatable bonds is 2. The highest BCUT2D eigenvalue weighted by atomic mass is 16.5. The van der Waals surface area contributed by atoms with E-state index < -0.39 is 17.3 Å². The lowest BCUT2D eigenvalue weighted by Crippen LogP contribution is -2.31. The SMILES string of the molecule is COC(=O)c1nc(C2CCCCN2)[nH]c(=O)c1O. The van der Waals surface area contributed by atoms with Gasteiger partial charge in [0.1, 0.15) is 5.82 Å². The molecule has 0 radical (unpaired) electrons. The highest BCUT2D eigenvalue weighted by molar-refractivity contribution is 5.89. The van der Waals surface area contributed by atoms with Crippen LogP contribution in [0.5, 0.6) is 5.75 Å². The molecule has 7 heteroatoms. The van der Waals surface area contributed by atoms with Crippen molar-refractivity contribution in [1.82, 2.24) is 15.3 Å². The van der Waals surface area contributed by atoms with Gasteiger partial charge in [0, 0.05) is 0 Å². The number of carbonyl (C=O) groups is 1. The first-order valence-corrected chi connectivity index (χ1v) is 5.78. The van der Waals surface area contributed by atoms with Crippen molar-refractivity contribution in [3.63, 3.8) is 0 Å². The van der Waals surface area contributed by atoms with Crippen molar-refractivity contribution in [1.29, 1.82) is 0 Å². The number of nitrogens with one attached hydrogen (secondary N) is 2. The van der Waals surface area contributed by atoms with E-state index in [0.29, 0.717) is 5.82 Å². The Morgan fingerprint density at radius 2 is 2.28 bits per heavy atom. The van der Waals surface area contributed by atoms with Crippen molar-refractivity contribution < 1.29 is 14.6 Å². The Balaban J connectivity index is 2.40. The Morgan fingerprint density at radius 3 is 2.89 bits per heavy atom. The van der Waals surface area contributed by atoms with E-state index in [0.717, 1.165) is 25.8 Å². The van der Waals surface area contributed by atoms with Gasteiger partial charge < -0.3 is 20.1 Å². The van der Waals surface area contributed by atoms with Gasteiger partial charge in [0.2, 0.25) is 5.75 Å². The summed E-state index contributed by atoms with van der Waals surface area (Å²) in [5.41, 5.74) is -1.07. The molecule has 98 valence electrons. The van der Waals surface area contributed by atoms with E-state index in [4.69, 9.17) is 0 Å². The molecule has 0 saturated carbocycles. The van der Waals surface area contributed by atoms with Gasteiger partial charge in [-0.3, -0.25) is 4.79 Å². The van der Waals surface area contributed by atoms with Crippen molar-refractivity contribution in [3.8, 4) is 5.75 Å². The van der Waals surface area contributed by atoms with Gasteiger partial charge in [-0.15, -0.1) is 0 Å². The Bertz CT molecular complexity index is 506. The van der Waals surface area contributed by atoms with Gasteiger partial charge in [-0.2, -0.15) is 0 Å². The minimum atomic E-state index is -0.823. The molecule has 1 aliphatic rings. The fourth-order valence-corrected chi connectivity index (χ4v) is 1.97. The molecule has 0 aromatic carbocycles. The summed E-state index contributed by atoms with van der Waals surface area (Å²) in [6.07, 6.45) is 2.92. The lowest BCUT2D eigenvalue weighted by Gasteiger charge is -2.22. The number of methoxy groups -OCH3 is 1. The van der Waals surface area contributed by atoms with Crippen LogP contribution in [0.4, 0.5) is 0 Å². The normalized spacial score (nSPS) is 19.5. The molecule has 1 aromatic rings. The number of aromatic nitrogens is 2. The molecule has 0 spiro atoms. The number of hydrogen-bond donors (Lipinski definition) is 3. The molecular weight excluding hydrogens is 238 g/mol. The van der Waals surface area contributed by atoms with E-state index in [1.807, 2.05) is 0 Å². The Morgan fingerprint density at radius 1 is 1.50 bits per heavy atom. The summed E-state index contributed by atoms with van der Waals surface area (Å²) in [5.74, 6) is -1.17. The largest absolute Gasteiger partial charge is 0.501 e. The average Bonchev–Trinajstić information content (AvgIpc) is 2.41. The molecule has 0 bridgehead atoms. The number of H-pyrrole nitrogens is 1. The standard InChI is InChI=1S/C11H15N3O4/c1-18-11(17)7-8(15)10(16)14-9(13-7)6-4-2-3-5-12-6/h6,12,15H,2-5H2,1H3,(H,13,14,16). The lowest BCUT2D eigenvalue weighted by molar-refractivity contribution is 0.0589. The predicted octanol–water partition coefficient (Wildman–Crippen LogP) is 0.0767. The van der Waals surface area contributed by atoms with Crippen LogP contribution in [0.3, 0.4) is 0 Å². The Labute approximate surface area is 103 Å². The zero-order valence-corrected chi connectivity index (χ0v) is 10.0. The number of carbonyl (C=O) groups excluding carboxylic acids is 1. The molecule has 1 atom stereocenters. The van der Waals surface area contributed by atoms with Gasteiger partial charge >= 0.3 is 5.97 Å². The molecule has 3 N–H and O–H groups in total. The summed E-state index contributed by atoms with van der Waals surface area (Å²) in [5, 5.41) is 12.7. The number of aromatic amines is 1. The van der Waals surface area contributed by atoms with Crippen LogP contribution in [0.25, 0.3) is 0 Å². The zero-order chi connectivity index (χ0) is 13.1. The molecule has 1 saturated heterocycles. The lowest BCUT2D eigenvalue weighted by atomic mass is 10.0. The minimum absolute atomic E-state index is 0.101. The van der Waals surface area contributed by atoms with E-state index >= 15 is 0 Å². The number of piperidine rings is 1. The van der Waals surface area contributed by atoms with Crippen molar-refractivity contribution in [2.45, 2.75) is 25.3 Å². The van der Waals surface area contributed by atoms with Gasteiger partial charge in [0.15, 0.2) is 5.69 Å². The van der Waals surface area contributed by atoms with Gasteiger partial charge in [-0.05, 0) is 19.4 Å². The second-order valence-corrected chi connectivity index (χ2v) is 4.14. The molecule has 1 aromatic heterocycles. The quantitative estimate of drug-likeness (QED) is 0.645. The topological polar surface area (TPSA) is 104 Å². The molecule has 18 heavy (non-hydrogen) atoms. The van der Waals surface area contributed by atoms with Crippen LogP contribution in [-0.2, 0) is 4.74 Å². The summed E-state index contributed by atoms with van der Waals surface area (Å²) >= 11 is 0. The number of aromatic hydroxyl groups is 1. The number of hydrogen-bond acceptors (Lipinski definition) is 6. The van der Waals surface area contributed by atoms with Crippen molar-refractivity contribution >= 4 is 5.97 Å². The summed E-state index contributed by atoms with van der Waals surface area (Å²) in [7, 11) is 1.17. The van der Waals surface area contributed by atoms with Gasteiger partial charge in [0.05, 0.1) is 13.2 Å². The molecule has 2 heterocycles. The highest BCUT2D eigenvalue weighted by Gasteiger charge is 2.23. The van der Waals surface area contributed by atoms with Crippen molar-refractivity contribution in [2.24, 2.45) is 0 Å². The first-order chi connectivity index (χ1) is 8.63. The van der Waals surface area contributed by atoms with Crippen LogP contribution >= 0.6 is 0 Å². The maximum atomic E-state index is 11.5. The molecular formula is C11H15N3O4. The van der Waals surface area contributed by atoms with E-state index in [2.05, 4.69) is 20.0 Å². The molecule has 1 fully saturated rings. The maximum absolute atomic E-state index is 11.5. The Kier molecular flexibility index (Phi) is 3.61. The van der Waals surface area contributed by atoms with Gasteiger partial charge in [0.25, 0.3) is 5.56 Å². The third kappa shape index (κ3) is 2.35. The fraction of sp³-hybridized carbons (Fsp3) is 0.545. The summed E-state index contributed by atoms with van der Waals surface area (Å²) in [6, 6.07) is -0.101. The van der Waals surface area contributed by atoms with Crippen LogP contribution < -0.4 is 10.9 Å². The minimum Gasteiger partial charge on any atom is -0.501 e. The highest BCUT2D eigenvalue weighted by Crippen LogP contribution is 2.20. The van der Waals surface area contributed by atoms with E-state index in [1.165, 1.54) is 7.11 Å². The second-order valence-electron chi connectivity index (χ2n) is 4.14. The van der Waals surface area contributed by atoms with Crippen LogP contribution in [-0.4, -0.2) is 34.7 Å². The monoisotopic (exact) mass is 253 g/mol. The average molecular weight is 253 g/mol. The third-order valence-corrected chi connectivity index (χ3v) is 2.93. The predicted molar refractivity (Wildman–Crippen MR) is 62.5 cm³/mol. The summed E-state index contributed by atoms with van der Waals surface area (Å²) in [6.45, 7) is 0.836. The van der Waals surface area contributed by atoms with Gasteiger partial charge in [-0.25, -0.2) is 9.78 Å². The smallest absolute Gasteiger partial charge is 0.360 e. The fourth-order valence-electron chi connectivity index (χ4n) is 1.97. The molecule has 0 amide bonds. The van der Waals surface area contributed by atoms with E-state index in [1.54, 1.807) is 0 Å². The first kappa shape index (κ1) is 12.6. The van der Waals surface area contributed by atoms with Crippen LogP contribution in [0.15, 0.2) is 4.79 Å². The molecule has 1 unspecified atom stereocenters. The van der Waals surface area contributed by atoms with E-state index in [9.17, 15) is 14.7 Å². The van der Waals surface area contributed by atoms with Crippen molar-refractivity contribution in [3.05, 3.63) is 21.9 Å². The number of esters is 1. The van der Waals surface area contributed by atoms with E-state index in [-0.39, 0.29) is 11.7 Å². The third-order valence-electron chi connectivity index (χ3n) is 2.93. The molecule has 0 aliphatic carbocycles. The number of ether oxygens (including phenoxy) is 1. The van der Waals surface area contributed by atoms with Gasteiger partial charge in [-0.1, -0.05) is 6.42 Å². The van der Waals surface area contributed by atoms with Crippen LogP contribution in [0, 0.1) is 0 Å². The number of nitrogens with zero attached hydrogens (tertiary/aromatic N) is 1. The molecule has 7 nitrogen and oxygen atoms in total. The first-order valence-electron chi connectivity index (χ1n) is 5.78. The van der Waals surface area contributed by atoms with Crippen molar-refractivity contribution in [2.75, 3.05) is 13.7 Å². The molecule has 2 rings (SSSR count). The molecule has 1 aliphatic heterocycles. The zero-order valence-electron chi connectivity index (χ0n) is 10.0.